The first-order chi connectivity index (χ1) is 10.0. The minimum atomic E-state index is -1.24. The lowest BCUT2D eigenvalue weighted by molar-refractivity contribution is -0.157. The fourth-order valence-corrected chi connectivity index (χ4v) is 2.88. The van der Waals surface area contributed by atoms with Gasteiger partial charge in [-0.05, 0) is 38.3 Å². The molecule has 1 amide bonds. The number of carbonyl (C=O) groups is 1. The highest BCUT2D eigenvalue weighted by atomic mass is 16.3. The Bertz CT molecular complexity index is 489. The number of hydrogen-bond acceptors (Lipinski definition) is 3. The number of nitrogens with zero attached hydrogens (tertiary/aromatic N) is 1. The zero-order chi connectivity index (χ0) is 15.3. The molecule has 2 N–H and O–H groups in total. The van der Waals surface area contributed by atoms with Crippen LogP contribution in [0.1, 0.15) is 37.3 Å². The average Bonchev–Trinajstić information content (AvgIpc) is 2.45. The lowest BCUT2D eigenvalue weighted by Gasteiger charge is -2.38. The van der Waals surface area contributed by atoms with Crippen molar-refractivity contribution in [3.63, 3.8) is 0 Å². The van der Waals surface area contributed by atoms with Crippen LogP contribution in [0.15, 0.2) is 24.3 Å². The van der Waals surface area contributed by atoms with Crippen molar-refractivity contribution in [1.82, 2.24) is 10.2 Å². The van der Waals surface area contributed by atoms with E-state index in [4.69, 9.17) is 0 Å². The van der Waals surface area contributed by atoms with Crippen molar-refractivity contribution < 1.29 is 9.90 Å². The van der Waals surface area contributed by atoms with Crippen LogP contribution in [0.4, 0.5) is 0 Å². The molecule has 21 heavy (non-hydrogen) atoms. The van der Waals surface area contributed by atoms with Gasteiger partial charge in [0.05, 0.1) is 0 Å². The molecule has 0 spiro atoms. The summed E-state index contributed by atoms with van der Waals surface area (Å²) in [4.78, 5) is 14.4. The van der Waals surface area contributed by atoms with E-state index in [1.165, 1.54) is 5.56 Å². The number of likely N-dealkylation sites (tertiary alicyclic amines) is 1. The van der Waals surface area contributed by atoms with E-state index in [2.05, 4.69) is 18.3 Å². The summed E-state index contributed by atoms with van der Waals surface area (Å²) >= 11 is 0. The number of aliphatic hydroxyl groups is 1. The van der Waals surface area contributed by atoms with E-state index in [0.29, 0.717) is 19.5 Å². The minimum Gasteiger partial charge on any atom is -0.379 e. The molecule has 1 aromatic carbocycles. The third-order valence-corrected chi connectivity index (χ3v) is 4.00. The zero-order valence-electron chi connectivity index (χ0n) is 13.1. The second kappa shape index (κ2) is 7.05. The zero-order valence-corrected chi connectivity index (χ0v) is 13.1. The van der Waals surface area contributed by atoms with Crippen molar-refractivity contribution >= 4 is 5.91 Å². The molecular formula is C17H26N2O2. The van der Waals surface area contributed by atoms with Gasteiger partial charge < -0.3 is 15.3 Å². The highest BCUT2D eigenvalue weighted by Crippen LogP contribution is 2.24. The number of hydrogen-bond donors (Lipinski definition) is 2. The molecule has 1 unspecified atom stereocenters. The van der Waals surface area contributed by atoms with Crippen LogP contribution in [-0.2, 0) is 11.3 Å². The molecular weight excluding hydrogens is 264 g/mol. The van der Waals surface area contributed by atoms with Gasteiger partial charge in [0.1, 0.15) is 0 Å². The molecule has 4 heteroatoms. The Morgan fingerprint density at radius 2 is 2.24 bits per heavy atom. The first kappa shape index (κ1) is 16.0. The van der Waals surface area contributed by atoms with Crippen molar-refractivity contribution in [3.05, 3.63) is 35.4 Å². The first-order valence-electron chi connectivity index (χ1n) is 7.83. The van der Waals surface area contributed by atoms with Crippen molar-refractivity contribution in [2.24, 2.45) is 0 Å². The Kier molecular flexibility index (Phi) is 5.37. The van der Waals surface area contributed by atoms with E-state index >= 15 is 0 Å². The van der Waals surface area contributed by atoms with Crippen molar-refractivity contribution in [3.8, 4) is 0 Å². The maximum atomic E-state index is 12.6. The molecule has 1 fully saturated rings. The maximum Gasteiger partial charge on any atom is 0.256 e. The topological polar surface area (TPSA) is 52.6 Å². The molecule has 0 aromatic heterocycles. The molecule has 1 aliphatic rings. The van der Waals surface area contributed by atoms with Gasteiger partial charge in [-0.2, -0.15) is 0 Å². The van der Waals surface area contributed by atoms with Crippen LogP contribution in [0.3, 0.4) is 0 Å². The number of amides is 1. The largest absolute Gasteiger partial charge is 0.379 e. The number of benzene rings is 1. The van der Waals surface area contributed by atoms with Crippen LogP contribution in [-0.4, -0.2) is 41.1 Å². The molecule has 1 saturated heterocycles. The van der Waals surface area contributed by atoms with E-state index in [9.17, 15) is 9.90 Å². The standard InChI is InChI=1S/C17H26N2O2/c1-3-9-18-13-17(21)8-5-10-19(16(17)20)12-15-7-4-6-14(2)11-15/h4,6-7,11,18,21H,3,5,8-10,12-13H2,1-2H3. The van der Waals surface area contributed by atoms with Crippen LogP contribution < -0.4 is 5.32 Å². The monoisotopic (exact) mass is 290 g/mol. The SMILES string of the molecule is CCCNCC1(O)CCCN(Cc2cccc(C)c2)C1=O. The normalized spacial score (nSPS) is 22.6. The van der Waals surface area contributed by atoms with E-state index in [0.717, 1.165) is 31.5 Å². The van der Waals surface area contributed by atoms with Gasteiger partial charge in [-0.1, -0.05) is 36.8 Å². The number of nitrogens with one attached hydrogen (secondary N) is 1. The summed E-state index contributed by atoms with van der Waals surface area (Å²) in [5.74, 6) is -0.140. The lowest BCUT2D eigenvalue weighted by atomic mass is 9.91. The number of piperidine rings is 1. The fraction of sp³-hybridized carbons (Fsp3) is 0.588. The maximum absolute atomic E-state index is 12.6. The van der Waals surface area contributed by atoms with Gasteiger partial charge in [-0.15, -0.1) is 0 Å². The van der Waals surface area contributed by atoms with Crippen LogP contribution in [0, 0.1) is 6.92 Å². The summed E-state index contributed by atoms with van der Waals surface area (Å²) in [5, 5.41) is 13.8. The second-order valence-corrected chi connectivity index (χ2v) is 6.03. The molecule has 4 nitrogen and oxygen atoms in total. The predicted octanol–water partition coefficient (Wildman–Crippen LogP) is 1.85. The summed E-state index contributed by atoms with van der Waals surface area (Å²) in [6.45, 7) is 6.60. The lowest BCUT2D eigenvalue weighted by Crippen LogP contribution is -2.57. The molecule has 2 rings (SSSR count). The number of rotatable bonds is 6. The Morgan fingerprint density at radius 3 is 2.95 bits per heavy atom. The molecule has 1 aromatic rings. The summed E-state index contributed by atoms with van der Waals surface area (Å²) < 4.78 is 0. The number of carbonyl (C=O) groups excluding carboxylic acids is 1. The third kappa shape index (κ3) is 4.05. The average molecular weight is 290 g/mol. The molecule has 1 atom stereocenters. The molecule has 116 valence electrons. The molecule has 1 aliphatic heterocycles. The van der Waals surface area contributed by atoms with Gasteiger partial charge in [0.2, 0.25) is 0 Å². The van der Waals surface area contributed by atoms with Crippen LogP contribution in [0.5, 0.6) is 0 Å². The van der Waals surface area contributed by atoms with Crippen molar-refractivity contribution in [1.29, 1.82) is 0 Å². The highest BCUT2D eigenvalue weighted by Gasteiger charge is 2.41. The van der Waals surface area contributed by atoms with Crippen molar-refractivity contribution in [2.45, 2.75) is 45.3 Å². The predicted molar refractivity (Wildman–Crippen MR) is 83.9 cm³/mol. The molecule has 0 saturated carbocycles. The highest BCUT2D eigenvalue weighted by molar-refractivity contribution is 5.86. The van der Waals surface area contributed by atoms with Crippen LogP contribution >= 0.6 is 0 Å². The fourth-order valence-electron chi connectivity index (χ4n) is 2.88. The second-order valence-electron chi connectivity index (χ2n) is 6.03. The quantitative estimate of drug-likeness (QED) is 0.786. The van der Waals surface area contributed by atoms with Gasteiger partial charge in [-0.3, -0.25) is 4.79 Å². The smallest absolute Gasteiger partial charge is 0.256 e. The Hall–Kier alpha value is -1.39. The molecule has 0 radical (unpaired) electrons. The van der Waals surface area contributed by atoms with E-state index in [-0.39, 0.29) is 5.91 Å². The van der Waals surface area contributed by atoms with Crippen molar-refractivity contribution in [2.75, 3.05) is 19.6 Å². The Balaban J connectivity index is 2.02. The van der Waals surface area contributed by atoms with Crippen LogP contribution in [0.2, 0.25) is 0 Å². The third-order valence-electron chi connectivity index (χ3n) is 4.00. The summed E-state index contributed by atoms with van der Waals surface area (Å²) in [6, 6.07) is 8.18. The van der Waals surface area contributed by atoms with Gasteiger partial charge >= 0.3 is 0 Å². The minimum absolute atomic E-state index is 0.140. The summed E-state index contributed by atoms with van der Waals surface area (Å²) in [5.41, 5.74) is 1.07. The van der Waals surface area contributed by atoms with Gasteiger partial charge in [0.15, 0.2) is 5.60 Å². The van der Waals surface area contributed by atoms with E-state index in [1.54, 1.807) is 4.90 Å². The van der Waals surface area contributed by atoms with Gasteiger partial charge in [0, 0.05) is 19.6 Å². The Labute approximate surface area is 127 Å². The van der Waals surface area contributed by atoms with Gasteiger partial charge in [-0.25, -0.2) is 0 Å². The summed E-state index contributed by atoms with van der Waals surface area (Å²) in [7, 11) is 0. The Morgan fingerprint density at radius 1 is 1.43 bits per heavy atom. The summed E-state index contributed by atoms with van der Waals surface area (Å²) in [6.07, 6.45) is 2.39. The van der Waals surface area contributed by atoms with Crippen LogP contribution in [0.25, 0.3) is 0 Å². The molecule has 0 bridgehead atoms. The number of aryl methyl sites for hydroxylation is 1. The van der Waals surface area contributed by atoms with E-state index < -0.39 is 5.60 Å². The molecule has 0 aliphatic carbocycles. The van der Waals surface area contributed by atoms with E-state index in [1.807, 2.05) is 25.1 Å². The first-order valence-corrected chi connectivity index (χ1v) is 7.83. The molecule has 1 heterocycles. The van der Waals surface area contributed by atoms with Gasteiger partial charge in [0.25, 0.3) is 5.91 Å².